The summed E-state index contributed by atoms with van der Waals surface area (Å²) in [4.78, 5) is 11.1. The second kappa shape index (κ2) is 6.23. The van der Waals surface area contributed by atoms with Crippen LogP contribution in [-0.4, -0.2) is 30.7 Å². The molecule has 2 N–H and O–H groups in total. The first-order chi connectivity index (χ1) is 7.93. The number of hydrogen-bond acceptors (Lipinski definition) is 2. The van der Waals surface area contributed by atoms with Crippen LogP contribution in [0.5, 0.6) is 0 Å². The summed E-state index contributed by atoms with van der Waals surface area (Å²) >= 11 is 0. The fraction of sp³-hybridized carbons (Fsp3) is 0.909. The van der Waals surface area contributed by atoms with Crippen molar-refractivity contribution in [3.63, 3.8) is 0 Å². The van der Waals surface area contributed by atoms with Crippen molar-refractivity contribution in [1.29, 1.82) is 0 Å². The van der Waals surface area contributed by atoms with Crippen LogP contribution in [0, 0.1) is 0 Å². The van der Waals surface area contributed by atoms with Gasteiger partial charge in [0.2, 0.25) is 5.91 Å². The molecule has 1 fully saturated rings. The highest BCUT2D eigenvalue weighted by atomic mass is 19.4. The molecule has 1 atom stereocenters. The lowest BCUT2D eigenvalue weighted by atomic mass is 10.2. The average molecular weight is 252 g/mol. The van der Waals surface area contributed by atoms with Crippen LogP contribution in [0.3, 0.4) is 0 Å². The maximum atomic E-state index is 12.6. The fourth-order valence-electron chi connectivity index (χ4n) is 1.55. The molecule has 100 valence electrons. The number of carbonyl (C=O) groups excluding carboxylic acids is 1. The Kier molecular flexibility index (Phi) is 5.24. The van der Waals surface area contributed by atoms with Crippen molar-refractivity contribution in [1.82, 2.24) is 10.6 Å². The molecular formula is C11H19F3N2O. The molecule has 0 heterocycles. The Hall–Kier alpha value is -0.780. The predicted octanol–water partition coefficient (Wildman–Crippen LogP) is 1.98. The maximum Gasteiger partial charge on any atom is 0.403 e. The summed E-state index contributed by atoms with van der Waals surface area (Å²) in [5.41, 5.74) is 0. The van der Waals surface area contributed by atoms with Gasteiger partial charge in [-0.2, -0.15) is 13.2 Å². The summed E-state index contributed by atoms with van der Waals surface area (Å²) in [5.74, 6) is -0.181. The Bertz CT molecular complexity index is 252. The number of amides is 1. The van der Waals surface area contributed by atoms with E-state index in [2.05, 4.69) is 10.6 Å². The smallest absolute Gasteiger partial charge is 0.356 e. The average Bonchev–Trinajstić information content (AvgIpc) is 2.99. The molecule has 6 heteroatoms. The molecule has 0 saturated heterocycles. The zero-order valence-electron chi connectivity index (χ0n) is 9.94. The summed E-state index contributed by atoms with van der Waals surface area (Å²) in [6.45, 7) is 1.93. The van der Waals surface area contributed by atoms with Crippen LogP contribution in [0.2, 0.25) is 0 Å². The van der Waals surface area contributed by atoms with Gasteiger partial charge in [0.05, 0.1) is 0 Å². The molecule has 1 aliphatic rings. The molecule has 0 radical (unpaired) electrons. The van der Waals surface area contributed by atoms with Gasteiger partial charge in [-0.05, 0) is 25.7 Å². The van der Waals surface area contributed by atoms with Gasteiger partial charge < -0.3 is 10.6 Å². The lowest BCUT2D eigenvalue weighted by Gasteiger charge is -2.21. The minimum atomic E-state index is -4.24. The van der Waals surface area contributed by atoms with Crippen LogP contribution in [0.15, 0.2) is 0 Å². The van der Waals surface area contributed by atoms with Gasteiger partial charge in [-0.25, -0.2) is 0 Å². The largest absolute Gasteiger partial charge is 0.403 e. The van der Waals surface area contributed by atoms with E-state index in [0.717, 1.165) is 12.8 Å². The van der Waals surface area contributed by atoms with Gasteiger partial charge in [-0.3, -0.25) is 4.79 Å². The number of carbonyl (C=O) groups is 1. The van der Waals surface area contributed by atoms with Crippen molar-refractivity contribution >= 4 is 5.91 Å². The molecule has 1 amide bonds. The van der Waals surface area contributed by atoms with Crippen LogP contribution in [0.25, 0.3) is 0 Å². The van der Waals surface area contributed by atoms with Crippen molar-refractivity contribution in [2.24, 2.45) is 0 Å². The third-order valence-electron chi connectivity index (χ3n) is 2.64. The summed E-state index contributed by atoms with van der Waals surface area (Å²) < 4.78 is 37.8. The van der Waals surface area contributed by atoms with Crippen LogP contribution in [0.4, 0.5) is 13.2 Å². The van der Waals surface area contributed by atoms with Gasteiger partial charge in [0.15, 0.2) is 0 Å². The lowest BCUT2D eigenvalue weighted by molar-refractivity contribution is -0.157. The van der Waals surface area contributed by atoms with Crippen molar-refractivity contribution in [3.8, 4) is 0 Å². The van der Waals surface area contributed by atoms with E-state index >= 15 is 0 Å². The molecule has 17 heavy (non-hydrogen) atoms. The standard InChI is InChI=1S/C11H19F3N2O/c1-2-3-10(17)15-7-6-9(11(12,13)14)16-8-4-5-8/h8-9,16H,2-7H2,1H3,(H,15,17). The molecule has 0 aromatic carbocycles. The van der Waals surface area contributed by atoms with Crippen molar-refractivity contribution < 1.29 is 18.0 Å². The molecule has 1 saturated carbocycles. The summed E-state index contributed by atoms with van der Waals surface area (Å²) in [6.07, 6.45) is -1.64. The Labute approximate surface area is 99.1 Å². The molecule has 3 nitrogen and oxygen atoms in total. The molecule has 0 spiro atoms. The number of nitrogens with one attached hydrogen (secondary N) is 2. The normalized spacial score (nSPS) is 17.9. The summed E-state index contributed by atoms with van der Waals surface area (Å²) in [6, 6.07) is -1.50. The monoisotopic (exact) mass is 252 g/mol. The van der Waals surface area contributed by atoms with Gasteiger partial charge in [0.25, 0.3) is 0 Å². The highest BCUT2D eigenvalue weighted by molar-refractivity contribution is 5.75. The second-order valence-electron chi connectivity index (χ2n) is 4.42. The Morgan fingerprint density at radius 2 is 2.06 bits per heavy atom. The highest BCUT2D eigenvalue weighted by Crippen LogP contribution is 2.27. The van der Waals surface area contributed by atoms with Gasteiger partial charge in [-0.15, -0.1) is 0 Å². The van der Waals surface area contributed by atoms with Gasteiger partial charge >= 0.3 is 6.18 Å². The molecule has 0 aromatic heterocycles. The van der Waals surface area contributed by atoms with Gasteiger partial charge in [0, 0.05) is 19.0 Å². The SMILES string of the molecule is CCCC(=O)NCCC(NC1CC1)C(F)(F)F. The topological polar surface area (TPSA) is 41.1 Å². The van der Waals surface area contributed by atoms with Crippen molar-refractivity contribution in [2.45, 2.75) is 57.3 Å². The number of alkyl halides is 3. The van der Waals surface area contributed by atoms with E-state index in [9.17, 15) is 18.0 Å². The molecule has 0 aromatic rings. The zero-order chi connectivity index (χ0) is 12.9. The van der Waals surface area contributed by atoms with E-state index in [-0.39, 0.29) is 24.9 Å². The molecule has 0 aliphatic heterocycles. The molecule has 1 unspecified atom stereocenters. The Morgan fingerprint density at radius 3 is 2.53 bits per heavy atom. The zero-order valence-corrected chi connectivity index (χ0v) is 9.94. The quantitative estimate of drug-likeness (QED) is 0.727. The van der Waals surface area contributed by atoms with E-state index < -0.39 is 12.2 Å². The van der Waals surface area contributed by atoms with Crippen LogP contribution < -0.4 is 10.6 Å². The number of hydrogen-bond donors (Lipinski definition) is 2. The summed E-state index contributed by atoms with van der Waals surface area (Å²) in [7, 11) is 0. The minimum absolute atomic E-state index is 0.00738. The molecular weight excluding hydrogens is 233 g/mol. The second-order valence-corrected chi connectivity index (χ2v) is 4.42. The molecule has 1 rings (SSSR count). The first kappa shape index (κ1) is 14.3. The molecule has 0 bridgehead atoms. The van der Waals surface area contributed by atoms with Crippen LogP contribution >= 0.6 is 0 Å². The third kappa shape index (κ3) is 5.91. The van der Waals surface area contributed by atoms with Crippen LogP contribution in [0.1, 0.15) is 39.0 Å². The lowest BCUT2D eigenvalue weighted by Crippen LogP contribution is -2.45. The Morgan fingerprint density at radius 1 is 1.41 bits per heavy atom. The molecule has 1 aliphatic carbocycles. The van der Waals surface area contributed by atoms with E-state index in [1.807, 2.05) is 6.92 Å². The van der Waals surface area contributed by atoms with Gasteiger partial charge in [0.1, 0.15) is 6.04 Å². The van der Waals surface area contributed by atoms with Crippen molar-refractivity contribution in [3.05, 3.63) is 0 Å². The first-order valence-corrected chi connectivity index (χ1v) is 6.03. The third-order valence-corrected chi connectivity index (χ3v) is 2.64. The first-order valence-electron chi connectivity index (χ1n) is 6.03. The fourth-order valence-corrected chi connectivity index (χ4v) is 1.55. The van der Waals surface area contributed by atoms with Crippen LogP contribution in [-0.2, 0) is 4.79 Å². The Balaban J connectivity index is 2.26. The predicted molar refractivity (Wildman–Crippen MR) is 58.5 cm³/mol. The van der Waals surface area contributed by atoms with E-state index in [1.54, 1.807) is 0 Å². The summed E-state index contributed by atoms with van der Waals surface area (Å²) in [5, 5.41) is 5.06. The number of rotatable bonds is 7. The maximum absolute atomic E-state index is 12.6. The van der Waals surface area contributed by atoms with E-state index in [0.29, 0.717) is 12.8 Å². The number of halogens is 3. The van der Waals surface area contributed by atoms with Gasteiger partial charge in [-0.1, -0.05) is 6.92 Å². The highest BCUT2D eigenvalue weighted by Gasteiger charge is 2.41. The van der Waals surface area contributed by atoms with E-state index in [1.165, 1.54) is 0 Å². The van der Waals surface area contributed by atoms with Crippen molar-refractivity contribution in [2.75, 3.05) is 6.54 Å². The minimum Gasteiger partial charge on any atom is -0.356 e. The van der Waals surface area contributed by atoms with E-state index in [4.69, 9.17) is 0 Å².